The highest BCUT2D eigenvalue weighted by atomic mass is 35.5. The summed E-state index contributed by atoms with van der Waals surface area (Å²) in [6.07, 6.45) is 0. The molecule has 0 aromatic heterocycles. The van der Waals surface area contributed by atoms with Crippen LogP contribution in [0.3, 0.4) is 0 Å². The van der Waals surface area contributed by atoms with Gasteiger partial charge in [0.2, 0.25) is 0 Å². The van der Waals surface area contributed by atoms with Gasteiger partial charge in [0.05, 0.1) is 21.4 Å². The van der Waals surface area contributed by atoms with Gasteiger partial charge < -0.3 is 9.80 Å². The van der Waals surface area contributed by atoms with Crippen molar-refractivity contribution >= 4 is 34.6 Å². The lowest BCUT2D eigenvalue weighted by Gasteiger charge is -2.21. The first-order chi connectivity index (χ1) is 7.60. The SMILES string of the molecule is C=C1N(CC)c2cc(Cl)c(Cl)cc2N1CC. The highest BCUT2D eigenvalue weighted by Crippen LogP contribution is 2.44. The van der Waals surface area contributed by atoms with Crippen LogP contribution in [0.25, 0.3) is 0 Å². The van der Waals surface area contributed by atoms with Crippen LogP contribution in [0.1, 0.15) is 13.8 Å². The van der Waals surface area contributed by atoms with E-state index in [0.29, 0.717) is 10.0 Å². The molecule has 0 radical (unpaired) electrons. The molecule has 0 fully saturated rings. The molecule has 0 aliphatic carbocycles. The molecule has 16 heavy (non-hydrogen) atoms. The summed E-state index contributed by atoms with van der Waals surface area (Å²) in [6, 6.07) is 3.81. The highest BCUT2D eigenvalue weighted by Gasteiger charge is 2.28. The normalized spacial score (nSPS) is 14.6. The number of hydrogen-bond acceptors (Lipinski definition) is 2. The first kappa shape index (κ1) is 11.6. The molecule has 86 valence electrons. The Morgan fingerprint density at radius 2 is 1.38 bits per heavy atom. The Bertz CT molecular complexity index is 404. The minimum absolute atomic E-state index is 0.588. The highest BCUT2D eigenvalue weighted by molar-refractivity contribution is 6.42. The lowest BCUT2D eigenvalue weighted by molar-refractivity contribution is 0.905. The Balaban J connectivity index is 2.59. The summed E-state index contributed by atoms with van der Waals surface area (Å²) in [5, 5.41) is 1.18. The Labute approximate surface area is 106 Å². The molecular weight excluding hydrogens is 243 g/mol. The number of anilines is 2. The van der Waals surface area contributed by atoms with Gasteiger partial charge in [-0.3, -0.25) is 0 Å². The molecule has 0 N–H and O–H groups in total. The van der Waals surface area contributed by atoms with Crippen molar-refractivity contribution in [1.29, 1.82) is 0 Å². The van der Waals surface area contributed by atoms with Crippen molar-refractivity contribution in [2.45, 2.75) is 13.8 Å². The summed E-state index contributed by atoms with van der Waals surface area (Å²) in [7, 11) is 0. The fourth-order valence-electron chi connectivity index (χ4n) is 2.09. The minimum atomic E-state index is 0.588. The number of hydrogen-bond donors (Lipinski definition) is 0. The van der Waals surface area contributed by atoms with Crippen LogP contribution in [0.15, 0.2) is 24.5 Å². The number of nitrogens with zero attached hydrogens (tertiary/aromatic N) is 2. The zero-order valence-electron chi connectivity index (χ0n) is 9.43. The van der Waals surface area contributed by atoms with Gasteiger partial charge in [0, 0.05) is 13.1 Å². The van der Waals surface area contributed by atoms with Gasteiger partial charge in [-0.1, -0.05) is 29.8 Å². The van der Waals surface area contributed by atoms with Gasteiger partial charge in [-0.05, 0) is 26.0 Å². The fraction of sp³-hybridized carbons (Fsp3) is 0.333. The molecule has 0 amide bonds. The zero-order chi connectivity index (χ0) is 11.9. The Hall–Kier alpha value is -0.860. The predicted molar refractivity (Wildman–Crippen MR) is 71.6 cm³/mol. The molecule has 0 bridgehead atoms. The lowest BCUT2D eigenvalue weighted by Crippen LogP contribution is -2.26. The number of halogens is 2. The van der Waals surface area contributed by atoms with Crippen LogP contribution in [0.5, 0.6) is 0 Å². The van der Waals surface area contributed by atoms with Crippen molar-refractivity contribution in [1.82, 2.24) is 0 Å². The molecule has 1 heterocycles. The van der Waals surface area contributed by atoms with Crippen LogP contribution in [0.2, 0.25) is 10.0 Å². The molecule has 0 saturated carbocycles. The summed E-state index contributed by atoms with van der Waals surface area (Å²) in [4.78, 5) is 4.28. The molecule has 1 aromatic carbocycles. The summed E-state index contributed by atoms with van der Waals surface area (Å²) in [5.41, 5.74) is 2.17. The van der Waals surface area contributed by atoms with Gasteiger partial charge in [0.1, 0.15) is 5.82 Å². The standard InChI is InChI=1S/C12H14Cl2N2/c1-4-15-8(3)16(5-2)12-7-10(14)9(13)6-11(12)15/h6-7H,3-5H2,1-2H3. The van der Waals surface area contributed by atoms with Gasteiger partial charge in [0.15, 0.2) is 0 Å². The van der Waals surface area contributed by atoms with E-state index in [1.54, 1.807) is 0 Å². The van der Waals surface area contributed by atoms with Crippen molar-refractivity contribution in [3.8, 4) is 0 Å². The van der Waals surface area contributed by atoms with E-state index in [4.69, 9.17) is 23.2 Å². The van der Waals surface area contributed by atoms with Gasteiger partial charge in [0.25, 0.3) is 0 Å². The molecule has 0 atom stereocenters. The molecule has 0 spiro atoms. The summed E-state index contributed by atoms with van der Waals surface area (Å²) in [6.45, 7) is 10.0. The Morgan fingerprint density at radius 1 is 1.00 bits per heavy atom. The first-order valence-electron chi connectivity index (χ1n) is 5.33. The summed E-state index contributed by atoms with van der Waals surface area (Å²) in [5.74, 6) is 0.985. The van der Waals surface area contributed by atoms with Crippen LogP contribution in [-0.4, -0.2) is 13.1 Å². The van der Waals surface area contributed by atoms with Crippen LogP contribution in [0.4, 0.5) is 11.4 Å². The van der Waals surface area contributed by atoms with E-state index >= 15 is 0 Å². The third kappa shape index (κ3) is 1.57. The minimum Gasteiger partial charge on any atom is -0.327 e. The van der Waals surface area contributed by atoms with Crippen molar-refractivity contribution < 1.29 is 0 Å². The molecule has 0 saturated heterocycles. The van der Waals surface area contributed by atoms with E-state index in [-0.39, 0.29) is 0 Å². The largest absolute Gasteiger partial charge is 0.327 e. The number of benzene rings is 1. The third-order valence-corrected chi connectivity index (χ3v) is 3.58. The topological polar surface area (TPSA) is 6.48 Å². The van der Waals surface area contributed by atoms with Crippen molar-refractivity contribution in [3.05, 3.63) is 34.6 Å². The van der Waals surface area contributed by atoms with E-state index in [0.717, 1.165) is 30.3 Å². The van der Waals surface area contributed by atoms with Crippen LogP contribution in [0, 0.1) is 0 Å². The molecule has 1 aromatic rings. The van der Waals surface area contributed by atoms with Crippen LogP contribution in [-0.2, 0) is 0 Å². The van der Waals surface area contributed by atoms with Crippen LogP contribution < -0.4 is 9.80 Å². The van der Waals surface area contributed by atoms with E-state index in [2.05, 4.69) is 30.2 Å². The lowest BCUT2D eigenvalue weighted by atomic mass is 10.2. The molecule has 1 aliphatic rings. The number of fused-ring (bicyclic) bond motifs is 1. The number of rotatable bonds is 2. The molecule has 2 nitrogen and oxygen atoms in total. The van der Waals surface area contributed by atoms with Crippen molar-refractivity contribution in [2.24, 2.45) is 0 Å². The van der Waals surface area contributed by atoms with Crippen LogP contribution >= 0.6 is 23.2 Å². The second kappa shape index (κ2) is 4.19. The third-order valence-electron chi connectivity index (χ3n) is 2.85. The maximum Gasteiger partial charge on any atom is 0.106 e. The maximum atomic E-state index is 6.05. The predicted octanol–water partition coefficient (Wildman–Crippen LogP) is 4.13. The molecule has 2 rings (SSSR count). The summed E-state index contributed by atoms with van der Waals surface area (Å²) >= 11 is 12.1. The van der Waals surface area contributed by atoms with E-state index in [9.17, 15) is 0 Å². The first-order valence-corrected chi connectivity index (χ1v) is 6.08. The zero-order valence-corrected chi connectivity index (χ0v) is 10.9. The molecule has 4 heteroatoms. The smallest absolute Gasteiger partial charge is 0.106 e. The average molecular weight is 257 g/mol. The van der Waals surface area contributed by atoms with Gasteiger partial charge in [-0.15, -0.1) is 0 Å². The Morgan fingerprint density at radius 3 is 1.69 bits per heavy atom. The second-order valence-corrected chi connectivity index (χ2v) is 4.47. The molecular formula is C12H14Cl2N2. The van der Waals surface area contributed by atoms with Crippen molar-refractivity contribution in [3.63, 3.8) is 0 Å². The Kier molecular flexibility index (Phi) is 3.04. The molecule has 0 unspecified atom stereocenters. The fourth-order valence-corrected chi connectivity index (χ4v) is 2.40. The van der Waals surface area contributed by atoms with Gasteiger partial charge >= 0.3 is 0 Å². The maximum absolute atomic E-state index is 6.05. The van der Waals surface area contributed by atoms with Gasteiger partial charge in [-0.25, -0.2) is 0 Å². The second-order valence-electron chi connectivity index (χ2n) is 3.66. The molecule has 1 aliphatic heterocycles. The monoisotopic (exact) mass is 256 g/mol. The van der Waals surface area contributed by atoms with E-state index in [1.165, 1.54) is 0 Å². The van der Waals surface area contributed by atoms with E-state index < -0.39 is 0 Å². The van der Waals surface area contributed by atoms with Gasteiger partial charge in [-0.2, -0.15) is 0 Å². The quantitative estimate of drug-likeness (QED) is 0.785. The summed E-state index contributed by atoms with van der Waals surface area (Å²) < 4.78 is 0. The average Bonchev–Trinajstić information content (AvgIpc) is 2.50. The van der Waals surface area contributed by atoms with E-state index in [1.807, 2.05) is 12.1 Å². The van der Waals surface area contributed by atoms with Crippen molar-refractivity contribution in [2.75, 3.05) is 22.9 Å².